The third-order valence-corrected chi connectivity index (χ3v) is 3.55. The molecule has 1 aromatic heterocycles. The van der Waals surface area contributed by atoms with Gasteiger partial charge in [0.1, 0.15) is 16.6 Å². The highest BCUT2D eigenvalue weighted by molar-refractivity contribution is 7.11. The summed E-state index contributed by atoms with van der Waals surface area (Å²) in [6, 6.07) is 9.25. The maximum Gasteiger partial charge on any atom is 0.412 e. The van der Waals surface area contributed by atoms with Gasteiger partial charge >= 0.3 is 6.09 Å². The molecule has 0 aliphatic heterocycles. The van der Waals surface area contributed by atoms with E-state index in [2.05, 4.69) is 5.32 Å². The second-order valence-electron chi connectivity index (χ2n) is 3.73. The number of halogens is 1. The lowest BCUT2D eigenvalue weighted by molar-refractivity contribution is 0.155. The van der Waals surface area contributed by atoms with E-state index in [0.29, 0.717) is 0 Å². The summed E-state index contributed by atoms with van der Waals surface area (Å²) in [5.41, 5.74) is 0.556. The molecule has 0 saturated heterocycles. The Hall–Kier alpha value is -1.79. The third-order valence-electron chi connectivity index (χ3n) is 2.35. The lowest BCUT2D eigenvalue weighted by Crippen LogP contribution is -2.20. The van der Waals surface area contributed by atoms with E-state index in [9.17, 15) is 9.59 Å². The quantitative estimate of drug-likeness (QED) is 0.948. The maximum atomic E-state index is 11.6. The molecular formula is C12H11ClN2O3S. The number of carbonyl (C=O) groups excluding carboxylic acids is 1. The number of aryl methyl sites for hydroxylation is 1. The Labute approximate surface area is 118 Å². The second-order valence-corrected chi connectivity index (χ2v) is 5.47. The van der Waals surface area contributed by atoms with E-state index in [1.54, 1.807) is 7.05 Å². The Morgan fingerprint density at radius 1 is 1.42 bits per heavy atom. The second kappa shape index (κ2) is 5.90. The molecule has 0 unspecified atom stereocenters. The Morgan fingerprint density at radius 3 is 2.68 bits per heavy atom. The van der Waals surface area contributed by atoms with Crippen molar-refractivity contribution in [2.45, 2.75) is 6.61 Å². The molecule has 1 amide bonds. The van der Waals surface area contributed by atoms with E-state index < -0.39 is 6.09 Å². The third kappa shape index (κ3) is 3.36. The SMILES string of the molecule is Cn1sc(Cl)c(NC(=O)OCc2ccccc2)c1=O. The van der Waals surface area contributed by atoms with Crippen molar-refractivity contribution >= 4 is 34.9 Å². The Balaban J connectivity index is 1.97. The number of rotatable bonds is 3. The molecular weight excluding hydrogens is 288 g/mol. The number of aromatic nitrogens is 1. The van der Waals surface area contributed by atoms with Crippen LogP contribution < -0.4 is 10.9 Å². The van der Waals surface area contributed by atoms with Crippen LogP contribution in [0.1, 0.15) is 5.56 Å². The van der Waals surface area contributed by atoms with E-state index in [1.165, 1.54) is 3.96 Å². The number of carbonyl (C=O) groups is 1. The average Bonchev–Trinajstić information content (AvgIpc) is 2.64. The Kier molecular flexibility index (Phi) is 4.24. The van der Waals surface area contributed by atoms with Gasteiger partial charge in [0.2, 0.25) is 0 Å². The number of amides is 1. The fourth-order valence-corrected chi connectivity index (χ4v) is 2.50. The first-order valence-electron chi connectivity index (χ1n) is 5.41. The number of hydrogen-bond donors (Lipinski definition) is 1. The van der Waals surface area contributed by atoms with Gasteiger partial charge in [-0.2, -0.15) is 0 Å². The van der Waals surface area contributed by atoms with Crippen molar-refractivity contribution in [1.82, 2.24) is 3.96 Å². The highest BCUT2D eigenvalue weighted by atomic mass is 35.5. The van der Waals surface area contributed by atoms with Crippen LogP contribution in [0.3, 0.4) is 0 Å². The summed E-state index contributed by atoms with van der Waals surface area (Å²) in [5, 5.41) is 2.35. The zero-order valence-corrected chi connectivity index (χ0v) is 11.6. The number of anilines is 1. The lowest BCUT2D eigenvalue weighted by atomic mass is 10.2. The number of ether oxygens (including phenoxy) is 1. The van der Waals surface area contributed by atoms with Gasteiger partial charge in [-0.05, 0) is 17.1 Å². The first-order chi connectivity index (χ1) is 9.08. The zero-order chi connectivity index (χ0) is 13.8. The van der Waals surface area contributed by atoms with Crippen LogP contribution >= 0.6 is 23.1 Å². The van der Waals surface area contributed by atoms with Crippen LogP contribution in [0.4, 0.5) is 10.5 Å². The van der Waals surface area contributed by atoms with Crippen LogP contribution in [0.15, 0.2) is 35.1 Å². The van der Waals surface area contributed by atoms with E-state index >= 15 is 0 Å². The minimum Gasteiger partial charge on any atom is -0.444 e. The topological polar surface area (TPSA) is 60.3 Å². The largest absolute Gasteiger partial charge is 0.444 e. The van der Waals surface area contributed by atoms with Crippen molar-refractivity contribution in [3.8, 4) is 0 Å². The van der Waals surface area contributed by atoms with Crippen LogP contribution in [-0.2, 0) is 18.4 Å². The van der Waals surface area contributed by atoms with Crippen LogP contribution in [0.5, 0.6) is 0 Å². The molecule has 2 rings (SSSR count). The monoisotopic (exact) mass is 298 g/mol. The van der Waals surface area contributed by atoms with Gasteiger partial charge in [-0.1, -0.05) is 41.9 Å². The molecule has 0 aliphatic carbocycles. The van der Waals surface area contributed by atoms with Gasteiger partial charge in [-0.25, -0.2) is 4.79 Å². The molecule has 5 nitrogen and oxygen atoms in total. The molecule has 0 bridgehead atoms. The predicted octanol–water partition coefficient (Wildman–Crippen LogP) is 2.85. The molecule has 19 heavy (non-hydrogen) atoms. The highest BCUT2D eigenvalue weighted by Crippen LogP contribution is 2.22. The van der Waals surface area contributed by atoms with Crippen LogP contribution in [0.25, 0.3) is 0 Å². The molecule has 0 fully saturated rings. The molecule has 1 heterocycles. The van der Waals surface area contributed by atoms with Crippen molar-refractivity contribution in [2.24, 2.45) is 7.05 Å². The van der Waals surface area contributed by atoms with Crippen molar-refractivity contribution < 1.29 is 9.53 Å². The first kappa shape index (κ1) is 13.6. The van der Waals surface area contributed by atoms with Crippen molar-refractivity contribution in [2.75, 3.05) is 5.32 Å². The van der Waals surface area contributed by atoms with E-state index in [4.69, 9.17) is 16.3 Å². The van der Waals surface area contributed by atoms with Crippen molar-refractivity contribution in [1.29, 1.82) is 0 Å². The molecule has 2 aromatic rings. The molecule has 1 aromatic carbocycles. The molecule has 0 aliphatic rings. The smallest absolute Gasteiger partial charge is 0.412 e. The summed E-state index contributed by atoms with van der Waals surface area (Å²) >= 11 is 6.89. The van der Waals surface area contributed by atoms with Gasteiger partial charge in [0.05, 0.1) is 0 Å². The number of nitrogens with zero attached hydrogens (tertiary/aromatic N) is 1. The van der Waals surface area contributed by atoms with Crippen LogP contribution in [0.2, 0.25) is 4.34 Å². The zero-order valence-electron chi connectivity index (χ0n) is 10.1. The van der Waals surface area contributed by atoms with E-state index in [1.807, 2.05) is 30.3 Å². The highest BCUT2D eigenvalue weighted by Gasteiger charge is 2.15. The summed E-state index contributed by atoms with van der Waals surface area (Å²) in [4.78, 5) is 23.2. The van der Waals surface area contributed by atoms with Gasteiger partial charge < -0.3 is 4.74 Å². The summed E-state index contributed by atoms with van der Waals surface area (Å²) in [6.45, 7) is 0.134. The van der Waals surface area contributed by atoms with E-state index in [0.717, 1.165) is 17.1 Å². The van der Waals surface area contributed by atoms with Gasteiger partial charge in [0.25, 0.3) is 5.56 Å². The summed E-state index contributed by atoms with van der Waals surface area (Å²) in [6.07, 6.45) is -0.707. The maximum absolute atomic E-state index is 11.6. The van der Waals surface area contributed by atoms with Crippen molar-refractivity contribution in [3.05, 3.63) is 50.6 Å². The van der Waals surface area contributed by atoms with E-state index in [-0.39, 0.29) is 22.2 Å². The number of benzene rings is 1. The fraction of sp³-hybridized carbons (Fsp3) is 0.167. The summed E-state index contributed by atoms with van der Waals surface area (Å²) in [7, 11) is 1.57. The number of hydrogen-bond acceptors (Lipinski definition) is 4. The molecule has 0 saturated carbocycles. The number of nitrogens with one attached hydrogen (secondary N) is 1. The fourth-order valence-electron chi connectivity index (χ4n) is 1.41. The molecule has 0 atom stereocenters. The molecule has 100 valence electrons. The predicted molar refractivity (Wildman–Crippen MR) is 74.8 cm³/mol. The molecule has 0 spiro atoms. The van der Waals surface area contributed by atoms with Crippen molar-refractivity contribution in [3.63, 3.8) is 0 Å². The standard InChI is InChI=1S/C12H11ClN2O3S/c1-15-11(16)9(10(13)19-15)14-12(17)18-7-8-5-3-2-4-6-8/h2-6H,7H2,1H3,(H,14,17). The lowest BCUT2D eigenvalue weighted by Gasteiger charge is -2.05. The molecule has 1 N–H and O–H groups in total. The van der Waals surface area contributed by atoms with Gasteiger partial charge in [-0.15, -0.1) is 0 Å². The first-order valence-corrected chi connectivity index (χ1v) is 6.56. The Morgan fingerprint density at radius 2 is 2.11 bits per heavy atom. The average molecular weight is 299 g/mol. The molecule has 0 radical (unpaired) electrons. The van der Waals surface area contributed by atoms with Gasteiger partial charge in [0.15, 0.2) is 0 Å². The van der Waals surface area contributed by atoms with Gasteiger partial charge in [0, 0.05) is 7.05 Å². The summed E-state index contributed by atoms with van der Waals surface area (Å²) in [5.74, 6) is 0. The summed E-state index contributed by atoms with van der Waals surface area (Å²) < 4.78 is 6.55. The minimum absolute atomic E-state index is 0.0484. The normalized spacial score (nSPS) is 10.2. The molecule has 7 heteroatoms. The minimum atomic E-state index is -0.707. The van der Waals surface area contributed by atoms with Crippen LogP contribution in [0, 0.1) is 0 Å². The Bertz CT molecular complexity index is 636. The van der Waals surface area contributed by atoms with Gasteiger partial charge in [-0.3, -0.25) is 14.1 Å². The van der Waals surface area contributed by atoms with Crippen LogP contribution in [-0.4, -0.2) is 10.0 Å².